The van der Waals surface area contributed by atoms with Crippen LogP contribution >= 0.6 is 0 Å². The van der Waals surface area contributed by atoms with Gasteiger partial charge in [0.2, 0.25) is 47.1 Å². The van der Waals surface area contributed by atoms with Gasteiger partial charge in [-0.1, -0.05) is 73.9 Å². The Morgan fingerprint density at radius 2 is 1.49 bits per heavy atom. The lowest BCUT2D eigenvalue weighted by Crippen LogP contribution is -2.62. The molecule has 79 heavy (non-hydrogen) atoms. The van der Waals surface area contributed by atoms with Crippen molar-refractivity contribution in [2.45, 2.75) is 194 Å². The standard InChI is InChI=1S/C57H88N8O14/c1-15-33(8)47-44(67)29-45(68)59-46(32(6)7)49(69)34(9)50(70)58-39(26-30(2)3)54(74)65-25-17-19-41(65)56(76)63(13)43(28-37-20-22-38(78-14)23-21-37)57(77)79-36(11)48(52(72)60-47)61-51(71)42(27-31(4)5)62(12)55(75)40-18-16-24-64(40)53(73)35(10)66/h20-23,30-34,36,39-44,46-48,67H,15-19,24-29H2,1-14H3,(H,58,70)(H,59,68)(H,60,72)(H,61,71)/t33-,34-,36-,39+,40?,41-,42+,43-,44+,46+,47+,48-/m0/s1. The molecule has 3 fully saturated rings. The maximum Gasteiger partial charge on any atom is 0.329 e. The molecule has 0 bridgehead atoms. The van der Waals surface area contributed by atoms with Crippen LogP contribution < -0.4 is 26.0 Å². The number of hydrogen-bond donors (Lipinski definition) is 5. The number of cyclic esters (lactones) is 1. The highest BCUT2D eigenvalue weighted by Gasteiger charge is 2.46. The third-order valence-corrected chi connectivity index (χ3v) is 15.6. The van der Waals surface area contributed by atoms with E-state index in [-0.39, 0.29) is 57.0 Å². The summed E-state index contributed by atoms with van der Waals surface area (Å²) in [5.74, 6) is -10.6. The Kier molecular flexibility index (Phi) is 24.0. The third-order valence-electron chi connectivity index (χ3n) is 15.6. The molecule has 5 N–H and O–H groups in total. The number of benzene rings is 1. The van der Waals surface area contributed by atoms with E-state index in [1.54, 1.807) is 52.0 Å². The van der Waals surface area contributed by atoms with E-state index in [4.69, 9.17) is 9.47 Å². The molecule has 8 amide bonds. The number of likely N-dealkylation sites (tertiary alicyclic amines) is 1. The Balaban J connectivity index is 1.89. The number of methoxy groups -OCH3 is 1. The number of hydrogen-bond acceptors (Lipinski definition) is 14. The maximum atomic E-state index is 15.0. The number of carbonyl (C=O) groups is 11. The molecule has 440 valence electrons. The van der Waals surface area contributed by atoms with Crippen LogP contribution in [0.1, 0.15) is 133 Å². The van der Waals surface area contributed by atoms with E-state index < -0.39 is 150 Å². The normalized spacial score (nSPS) is 27.2. The summed E-state index contributed by atoms with van der Waals surface area (Å²) in [6.07, 6.45) is -2.03. The van der Waals surface area contributed by atoms with Gasteiger partial charge in [-0.2, -0.15) is 0 Å². The quantitative estimate of drug-likeness (QED) is 0.0956. The van der Waals surface area contributed by atoms with Crippen molar-refractivity contribution in [3.8, 4) is 5.75 Å². The highest BCUT2D eigenvalue weighted by Crippen LogP contribution is 2.27. The largest absolute Gasteiger partial charge is 0.497 e. The molecule has 3 aliphatic heterocycles. The Morgan fingerprint density at radius 3 is 2.06 bits per heavy atom. The molecule has 3 saturated heterocycles. The summed E-state index contributed by atoms with van der Waals surface area (Å²) in [6, 6.07) is -3.41. The molecule has 1 aromatic rings. The minimum Gasteiger partial charge on any atom is -0.497 e. The summed E-state index contributed by atoms with van der Waals surface area (Å²) in [5.41, 5.74) is 0.571. The molecular weight excluding hydrogens is 1020 g/mol. The number of Topliss-reactive ketones (excluding diaryl/α,β-unsaturated/α-hetero) is 2. The Hall–Kier alpha value is -6.45. The zero-order chi connectivity index (χ0) is 59.3. The molecule has 3 heterocycles. The monoisotopic (exact) mass is 1110 g/mol. The van der Waals surface area contributed by atoms with Crippen LogP contribution in [-0.2, 0) is 63.9 Å². The van der Waals surface area contributed by atoms with Crippen LogP contribution in [0.4, 0.5) is 0 Å². The fraction of sp³-hybridized carbons (Fsp3) is 0.702. The lowest BCUT2D eigenvalue weighted by atomic mass is 9.89. The highest BCUT2D eigenvalue weighted by atomic mass is 16.5. The number of amides is 8. The Bertz CT molecular complexity index is 2380. The van der Waals surface area contributed by atoms with Crippen LogP contribution in [-0.4, -0.2) is 184 Å². The summed E-state index contributed by atoms with van der Waals surface area (Å²) in [6.45, 7) is 18.4. The number of esters is 1. The summed E-state index contributed by atoms with van der Waals surface area (Å²) < 4.78 is 11.5. The van der Waals surface area contributed by atoms with Crippen LogP contribution in [0, 0.1) is 29.6 Å². The summed E-state index contributed by atoms with van der Waals surface area (Å²) in [4.78, 5) is 161. The van der Waals surface area contributed by atoms with Crippen LogP contribution in [0.2, 0.25) is 0 Å². The number of likely N-dealkylation sites (N-methyl/N-ethyl adjacent to an activating group) is 2. The van der Waals surface area contributed by atoms with Crippen LogP contribution in [0.5, 0.6) is 5.75 Å². The molecule has 0 radical (unpaired) electrons. The Morgan fingerprint density at radius 1 is 0.861 bits per heavy atom. The van der Waals surface area contributed by atoms with Crippen molar-refractivity contribution in [3.63, 3.8) is 0 Å². The van der Waals surface area contributed by atoms with Crippen LogP contribution in [0.25, 0.3) is 0 Å². The van der Waals surface area contributed by atoms with Gasteiger partial charge in [-0.05, 0) is 93.7 Å². The van der Waals surface area contributed by atoms with Crippen molar-refractivity contribution >= 4 is 64.8 Å². The predicted octanol–water partition coefficient (Wildman–Crippen LogP) is 2.10. The fourth-order valence-corrected chi connectivity index (χ4v) is 10.6. The molecule has 0 saturated carbocycles. The van der Waals surface area contributed by atoms with E-state index in [1.165, 1.54) is 54.7 Å². The molecular formula is C57H88N8O14. The molecule has 1 unspecified atom stereocenters. The highest BCUT2D eigenvalue weighted by molar-refractivity contribution is 6.35. The zero-order valence-corrected chi connectivity index (χ0v) is 48.8. The molecule has 12 atom stereocenters. The summed E-state index contributed by atoms with van der Waals surface area (Å²) in [5, 5.41) is 22.9. The lowest BCUT2D eigenvalue weighted by molar-refractivity contribution is -0.162. The first-order chi connectivity index (χ1) is 37.0. The third kappa shape index (κ3) is 16.8. The van der Waals surface area contributed by atoms with Gasteiger partial charge in [0.25, 0.3) is 5.91 Å². The predicted molar refractivity (Wildman–Crippen MR) is 291 cm³/mol. The van der Waals surface area contributed by atoms with Gasteiger partial charge < -0.3 is 55.4 Å². The molecule has 0 spiro atoms. The van der Waals surface area contributed by atoms with E-state index in [2.05, 4.69) is 21.3 Å². The van der Waals surface area contributed by atoms with E-state index in [9.17, 15) is 53.1 Å². The summed E-state index contributed by atoms with van der Waals surface area (Å²) >= 11 is 0. The molecule has 22 nitrogen and oxygen atoms in total. The minimum absolute atomic E-state index is 0.0614. The zero-order valence-electron chi connectivity index (χ0n) is 48.8. The number of nitrogens with zero attached hydrogens (tertiary/aromatic N) is 4. The number of carbonyl (C=O) groups excluding carboxylic acids is 11. The van der Waals surface area contributed by atoms with Gasteiger partial charge in [-0.25, -0.2) is 4.79 Å². The second-order valence-corrected chi connectivity index (χ2v) is 22.9. The van der Waals surface area contributed by atoms with Crippen molar-refractivity contribution in [1.29, 1.82) is 0 Å². The van der Waals surface area contributed by atoms with Crippen molar-refractivity contribution < 1.29 is 67.3 Å². The van der Waals surface area contributed by atoms with Gasteiger partial charge in [0, 0.05) is 40.5 Å². The summed E-state index contributed by atoms with van der Waals surface area (Å²) in [7, 11) is 4.28. The van der Waals surface area contributed by atoms with Gasteiger partial charge in [0.15, 0.2) is 5.78 Å². The van der Waals surface area contributed by atoms with Crippen molar-refractivity contribution in [3.05, 3.63) is 29.8 Å². The van der Waals surface area contributed by atoms with Crippen molar-refractivity contribution in [2.24, 2.45) is 29.6 Å². The molecule has 1 aromatic carbocycles. The Labute approximate surface area is 465 Å². The smallest absolute Gasteiger partial charge is 0.329 e. The van der Waals surface area contributed by atoms with Crippen molar-refractivity contribution in [2.75, 3.05) is 34.3 Å². The number of nitrogens with one attached hydrogen (secondary N) is 4. The van der Waals surface area contributed by atoms with Gasteiger partial charge in [-0.3, -0.25) is 47.9 Å². The first kappa shape index (κ1) is 65.1. The lowest BCUT2D eigenvalue weighted by Gasteiger charge is -2.36. The number of ether oxygens (including phenoxy) is 2. The van der Waals surface area contributed by atoms with Gasteiger partial charge in [0.1, 0.15) is 48.1 Å². The van der Waals surface area contributed by atoms with E-state index in [0.717, 1.165) is 6.92 Å². The maximum absolute atomic E-state index is 15.0. The molecule has 3 aliphatic rings. The topological polar surface area (TPSA) is 288 Å². The van der Waals surface area contributed by atoms with E-state index in [1.807, 2.05) is 27.7 Å². The van der Waals surface area contributed by atoms with Crippen LogP contribution in [0.3, 0.4) is 0 Å². The van der Waals surface area contributed by atoms with Gasteiger partial charge in [-0.15, -0.1) is 0 Å². The number of aliphatic hydroxyl groups excluding tert-OH is 1. The number of ketones is 2. The number of fused-ring (bicyclic) bond motifs is 1. The fourth-order valence-electron chi connectivity index (χ4n) is 10.6. The number of aliphatic hydroxyl groups is 1. The SMILES string of the molecule is CC[C@H](C)[C@H]1NC(=O)[C@@H](NC(=O)[C@@H](CC(C)C)N(C)C(=O)C2CCCN2C(=O)C(C)=O)[C@H](C)OC(=O)[C@H](Cc2ccc(OC)cc2)N(C)C(=O)[C@@H]2CCCN2C(=O)[C@@H](CC(C)C)NC(=O)[C@@H](C)C(=O)[C@@H](C(C)C)NC(=O)C[C@H]1O. The van der Waals surface area contributed by atoms with E-state index in [0.29, 0.717) is 30.6 Å². The van der Waals surface area contributed by atoms with Crippen molar-refractivity contribution in [1.82, 2.24) is 40.9 Å². The van der Waals surface area contributed by atoms with Gasteiger partial charge in [0.05, 0.1) is 37.6 Å². The van der Waals surface area contributed by atoms with Gasteiger partial charge >= 0.3 is 5.97 Å². The average Bonchev–Trinajstić information content (AvgIpc) is 4.13. The van der Waals surface area contributed by atoms with Crippen LogP contribution in [0.15, 0.2) is 24.3 Å². The van der Waals surface area contributed by atoms with E-state index >= 15 is 4.79 Å². The minimum atomic E-state index is -1.76. The molecule has 22 heteroatoms. The molecule has 4 rings (SSSR count). The average molecular weight is 1110 g/mol. The first-order valence-corrected chi connectivity index (χ1v) is 28.0. The first-order valence-electron chi connectivity index (χ1n) is 28.0. The second-order valence-electron chi connectivity index (χ2n) is 22.9. The molecule has 0 aromatic heterocycles. The molecule has 0 aliphatic carbocycles. The number of rotatable bonds is 15. The second kappa shape index (κ2) is 29.1.